The molecule has 0 fully saturated rings. The molecule has 0 aliphatic carbocycles. The monoisotopic (exact) mass is 392 g/mol. The van der Waals surface area contributed by atoms with Crippen molar-refractivity contribution < 1.29 is 22.7 Å². The van der Waals surface area contributed by atoms with Crippen molar-refractivity contribution in [3.8, 4) is 11.5 Å². The number of aryl methyl sites for hydroxylation is 1. The van der Waals surface area contributed by atoms with Crippen LogP contribution in [0.15, 0.2) is 47.4 Å². The number of benzene rings is 2. The topological polar surface area (TPSA) is 84.9 Å². The Bertz CT molecular complexity index is 912. The minimum atomic E-state index is -3.67. The fourth-order valence-electron chi connectivity index (χ4n) is 2.68. The van der Waals surface area contributed by atoms with E-state index in [4.69, 9.17) is 9.47 Å². The largest absolute Gasteiger partial charge is 0.497 e. The molecule has 27 heavy (non-hydrogen) atoms. The number of carbonyl (C=O) groups excluding carboxylic acids is 1. The molecule has 0 aliphatic heterocycles. The molecule has 0 aliphatic rings. The predicted octanol–water partition coefficient (Wildman–Crippen LogP) is 2.34. The van der Waals surface area contributed by atoms with E-state index in [1.165, 1.54) is 26.0 Å². The van der Waals surface area contributed by atoms with Crippen molar-refractivity contribution in [2.24, 2.45) is 0 Å². The first-order chi connectivity index (χ1) is 12.8. The molecule has 0 saturated heterocycles. The molecule has 0 heterocycles. The molecule has 2 aromatic rings. The predicted molar refractivity (Wildman–Crippen MR) is 104 cm³/mol. The van der Waals surface area contributed by atoms with Crippen LogP contribution >= 0.6 is 0 Å². The molecular formula is C19H24N2O5S. The van der Waals surface area contributed by atoms with Gasteiger partial charge in [0.05, 0.1) is 24.8 Å². The molecular weight excluding hydrogens is 368 g/mol. The molecule has 1 amide bonds. The maximum Gasteiger partial charge on any atom is 0.240 e. The Morgan fingerprint density at radius 1 is 1.11 bits per heavy atom. The molecule has 2 aromatic carbocycles. The number of nitrogens with zero attached hydrogens (tertiary/aromatic N) is 1. The lowest BCUT2D eigenvalue weighted by Gasteiger charge is -2.24. The minimum absolute atomic E-state index is 0.0522. The highest BCUT2D eigenvalue weighted by atomic mass is 32.2. The lowest BCUT2D eigenvalue weighted by atomic mass is 10.2. The smallest absolute Gasteiger partial charge is 0.240 e. The molecule has 1 N–H and O–H groups in total. The third-order valence-electron chi connectivity index (χ3n) is 4.07. The van der Waals surface area contributed by atoms with Crippen molar-refractivity contribution in [1.29, 1.82) is 0 Å². The van der Waals surface area contributed by atoms with E-state index >= 15 is 0 Å². The summed E-state index contributed by atoms with van der Waals surface area (Å²) in [7, 11) is -0.635. The van der Waals surface area contributed by atoms with Gasteiger partial charge in [-0.15, -0.1) is 0 Å². The van der Waals surface area contributed by atoms with Gasteiger partial charge in [-0.05, 0) is 30.7 Å². The molecule has 0 aromatic heterocycles. The van der Waals surface area contributed by atoms with Gasteiger partial charge < -0.3 is 14.4 Å². The first-order valence-corrected chi connectivity index (χ1v) is 9.84. The Hall–Kier alpha value is -2.58. The van der Waals surface area contributed by atoms with Crippen molar-refractivity contribution in [3.05, 3.63) is 48.0 Å². The van der Waals surface area contributed by atoms with Crippen LogP contribution in [0.4, 0.5) is 5.69 Å². The maximum atomic E-state index is 12.5. The highest BCUT2D eigenvalue weighted by Crippen LogP contribution is 2.32. The number of hydrogen-bond donors (Lipinski definition) is 1. The van der Waals surface area contributed by atoms with Crippen molar-refractivity contribution in [3.63, 3.8) is 0 Å². The zero-order valence-electron chi connectivity index (χ0n) is 15.9. The Morgan fingerprint density at radius 3 is 2.41 bits per heavy atom. The Balaban J connectivity index is 2.19. The number of nitrogens with one attached hydrogen (secondary N) is 1. The van der Waals surface area contributed by atoms with Crippen LogP contribution < -0.4 is 19.1 Å². The summed E-state index contributed by atoms with van der Waals surface area (Å²) < 4.78 is 38.1. The van der Waals surface area contributed by atoms with Crippen molar-refractivity contribution in [1.82, 2.24) is 4.72 Å². The minimum Gasteiger partial charge on any atom is -0.497 e. The van der Waals surface area contributed by atoms with Crippen molar-refractivity contribution in [2.45, 2.75) is 18.7 Å². The van der Waals surface area contributed by atoms with Crippen LogP contribution in [0.5, 0.6) is 11.5 Å². The Kier molecular flexibility index (Phi) is 6.81. The molecule has 0 saturated carbocycles. The normalized spacial score (nSPS) is 11.1. The number of rotatable bonds is 8. The van der Waals surface area contributed by atoms with E-state index < -0.39 is 10.0 Å². The number of hydrogen-bond acceptors (Lipinski definition) is 5. The lowest BCUT2D eigenvalue weighted by Crippen LogP contribution is -2.37. The molecule has 0 atom stereocenters. The van der Waals surface area contributed by atoms with Crippen LogP contribution in [0.3, 0.4) is 0 Å². The second kappa shape index (κ2) is 8.88. The van der Waals surface area contributed by atoms with E-state index in [1.54, 1.807) is 49.4 Å². The first-order valence-electron chi connectivity index (χ1n) is 8.35. The molecule has 7 nitrogen and oxygen atoms in total. The van der Waals surface area contributed by atoms with Crippen LogP contribution in [-0.4, -0.2) is 41.6 Å². The van der Waals surface area contributed by atoms with Gasteiger partial charge in [0, 0.05) is 26.1 Å². The third-order valence-corrected chi connectivity index (χ3v) is 5.69. The summed E-state index contributed by atoms with van der Waals surface area (Å²) in [5, 5.41) is 0. The first kappa shape index (κ1) is 20.7. The summed E-state index contributed by atoms with van der Waals surface area (Å²) in [5.41, 5.74) is 1.17. The highest BCUT2D eigenvalue weighted by molar-refractivity contribution is 7.89. The summed E-state index contributed by atoms with van der Waals surface area (Å²) >= 11 is 0. The number of methoxy groups -OCH3 is 2. The SMILES string of the molecule is COc1ccc(OC)c(N(CCNS(=O)(=O)c2ccccc2C)C(C)=O)c1. The van der Waals surface area contributed by atoms with Gasteiger partial charge in [0.1, 0.15) is 11.5 Å². The van der Waals surface area contributed by atoms with Gasteiger partial charge in [-0.25, -0.2) is 13.1 Å². The van der Waals surface area contributed by atoms with E-state index in [2.05, 4.69) is 4.72 Å². The van der Waals surface area contributed by atoms with Crippen molar-refractivity contribution >= 4 is 21.6 Å². The zero-order chi connectivity index (χ0) is 20.0. The molecule has 0 radical (unpaired) electrons. The van der Waals surface area contributed by atoms with Crippen LogP contribution in [0.2, 0.25) is 0 Å². The second-order valence-corrected chi connectivity index (χ2v) is 7.61. The molecule has 0 bridgehead atoms. The highest BCUT2D eigenvalue weighted by Gasteiger charge is 2.20. The third kappa shape index (κ3) is 4.99. The average molecular weight is 392 g/mol. The van der Waals surface area contributed by atoms with Crippen LogP contribution in [0.1, 0.15) is 12.5 Å². The molecule has 8 heteroatoms. The second-order valence-electron chi connectivity index (χ2n) is 5.87. The maximum absolute atomic E-state index is 12.5. The summed E-state index contributed by atoms with van der Waals surface area (Å²) in [6.45, 7) is 3.34. The fourth-order valence-corrected chi connectivity index (χ4v) is 3.95. The fraction of sp³-hybridized carbons (Fsp3) is 0.316. The van der Waals surface area contributed by atoms with E-state index in [-0.39, 0.29) is 23.9 Å². The summed E-state index contributed by atoms with van der Waals surface area (Å²) in [6.07, 6.45) is 0. The molecule has 0 unspecified atom stereocenters. The zero-order valence-corrected chi connectivity index (χ0v) is 16.7. The van der Waals surface area contributed by atoms with Crippen LogP contribution in [0, 0.1) is 6.92 Å². The van der Waals surface area contributed by atoms with Crippen molar-refractivity contribution in [2.75, 3.05) is 32.2 Å². The molecule has 2 rings (SSSR count). The van der Waals surface area contributed by atoms with E-state index in [0.717, 1.165) is 0 Å². The van der Waals surface area contributed by atoms with Crippen LogP contribution in [-0.2, 0) is 14.8 Å². The van der Waals surface area contributed by atoms with E-state index in [1.807, 2.05) is 0 Å². The number of carbonyl (C=O) groups is 1. The number of amides is 1. The van der Waals surface area contributed by atoms with Gasteiger partial charge in [0.2, 0.25) is 15.9 Å². The average Bonchev–Trinajstić information content (AvgIpc) is 2.64. The van der Waals surface area contributed by atoms with Gasteiger partial charge >= 0.3 is 0 Å². The lowest BCUT2D eigenvalue weighted by molar-refractivity contribution is -0.116. The summed E-state index contributed by atoms with van der Waals surface area (Å²) in [4.78, 5) is 13.8. The molecule has 146 valence electrons. The summed E-state index contributed by atoms with van der Waals surface area (Å²) in [5.74, 6) is 0.821. The number of anilines is 1. The van der Waals surface area contributed by atoms with Gasteiger partial charge in [-0.2, -0.15) is 0 Å². The Morgan fingerprint density at radius 2 is 1.81 bits per heavy atom. The summed E-state index contributed by atoms with van der Waals surface area (Å²) in [6, 6.07) is 11.8. The quantitative estimate of drug-likeness (QED) is 0.745. The van der Waals surface area contributed by atoms with Gasteiger partial charge in [0.15, 0.2) is 0 Å². The number of ether oxygens (including phenoxy) is 2. The van der Waals surface area contributed by atoms with Crippen LogP contribution in [0.25, 0.3) is 0 Å². The van der Waals surface area contributed by atoms with Gasteiger partial charge in [0.25, 0.3) is 0 Å². The Labute approximate surface area is 160 Å². The van der Waals surface area contributed by atoms with Gasteiger partial charge in [-0.1, -0.05) is 18.2 Å². The van der Waals surface area contributed by atoms with E-state index in [9.17, 15) is 13.2 Å². The standard InChI is InChI=1S/C19H24N2O5S/c1-14-7-5-6-8-19(14)27(23,24)20-11-12-21(15(2)22)17-13-16(25-3)9-10-18(17)26-4/h5-10,13,20H,11-12H2,1-4H3. The molecule has 0 spiro atoms. The number of sulfonamides is 1. The van der Waals surface area contributed by atoms with Gasteiger partial charge in [-0.3, -0.25) is 4.79 Å². The van der Waals surface area contributed by atoms with E-state index in [0.29, 0.717) is 22.7 Å².